The van der Waals surface area contributed by atoms with E-state index in [4.69, 9.17) is 9.84 Å². The quantitative estimate of drug-likeness (QED) is 0.230. The molecular weight excluding hydrogens is 408 g/mol. The van der Waals surface area contributed by atoms with E-state index >= 15 is 0 Å². The Morgan fingerprint density at radius 3 is 2.34 bits per heavy atom. The van der Waals surface area contributed by atoms with Crippen LogP contribution in [0.25, 0.3) is 0 Å². The molecule has 7 heteroatoms. The molecule has 3 N–H and O–H groups in total. The molecular formula is C25H42N2O5. The Labute approximate surface area is 192 Å². The highest BCUT2D eigenvalue weighted by Crippen LogP contribution is 2.44. The van der Waals surface area contributed by atoms with Gasteiger partial charge in [0, 0.05) is 25.3 Å². The van der Waals surface area contributed by atoms with E-state index in [0.717, 1.165) is 38.5 Å². The number of unbranched alkanes of at least 4 members (excludes halogenated alkanes) is 6. The van der Waals surface area contributed by atoms with Gasteiger partial charge in [-0.25, -0.2) is 0 Å². The molecule has 0 radical (unpaired) electrons. The maximum atomic E-state index is 12.2. The topological polar surface area (TPSA) is 105 Å². The summed E-state index contributed by atoms with van der Waals surface area (Å²) in [6.45, 7) is 2.79. The predicted molar refractivity (Wildman–Crippen MR) is 124 cm³/mol. The van der Waals surface area contributed by atoms with Crippen LogP contribution in [0, 0.1) is 11.8 Å². The second-order valence-corrected chi connectivity index (χ2v) is 9.21. The zero-order valence-electron chi connectivity index (χ0n) is 19.7. The van der Waals surface area contributed by atoms with Crippen molar-refractivity contribution < 1.29 is 24.2 Å². The predicted octanol–water partition coefficient (Wildman–Crippen LogP) is 3.96. The first-order valence-electron chi connectivity index (χ1n) is 12.6. The van der Waals surface area contributed by atoms with Gasteiger partial charge in [0.1, 0.15) is 0 Å². The molecule has 2 bridgehead atoms. The van der Waals surface area contributed by atoms with Gasteiger partial charge in [0.25, 0.3) is 0 Å². The Kier molecular flexibility index (Phi) is 12.4. The van der Waals surface area contributed by atoms with Crippen LogP contribution >= 0.6 is 0 Å². The molecule has 0 unspecified atom stereocenters. The lowest BCUT2D eigenvalue weighted by atomic mass is 9.77. The van der Waals surface area contributed by atoms with E-state index in [1.54, 1.807) is 0 Å². The van der Waals surface area contributed by atoms with Crippen molar-refractivity contribution in [2.75, 3.05) is 13.1 Å². The number of carboxylic acids is 1. The van der Waals surface area contributed by atoms with Crippen molar-refractivity contribution in [1.29, 1.82) is 0 Å². The fraction of sp³-hybridized carbons (Fsp3) is 0.800. The number of ether oxygens (including phenoxy) is 1. The third-order valence-corrected chi connectivity index (χ3v) is 6.67. The van der Waals surface area contributed by atoms with Gasteiger partial charge in [-0.1, -0.05) is 51.2 Å². The monoisotopic (exact) mass is 450 g/mol. The Morgan fingerprint density at radius 2 is 1.59 bits per heavy atom. The number of nitrogens with one attached hydrogen (secondary N) is 2. The van der Waals surface area contributed by atoms with Crippen molar-refractivity contribution in [2.24, 2.45) is 11.8 Å². The smallest absolute Gasteiger partial charge is 0.303 e. The lowest BCUT2D eigenvalue weighted by Crippen LogP contribution is -2.42. The van der Waals surface area contributed by atoms with Crippen molar-refractivity contribution in [1.82, 2.24) is 10.6 Å². The molecule has 2 heterocycles. The molecule has 0 aromatic carbocycles. The van der Waals surface area contributed by atoms with Gasteiger partial charge < -0.3 is 20.5 Å². The highest BCUT2D eigenvalue weighted by Gasteiger charge is 2.47. The molecule has 32 heavy (non-hydrogen) atoms. The third kappa shape index (κ3) is 9.72. The van der Waals surface area contributed by atoms with E-state index in [-0.39, 0.29) is 37.0 Å². The van der Waals surface area contributed by atoms with Gasteiger partial charge in [0.05, 0.1) is 18.8 Å². The zero-order valence-corrected chi connectivity index (χ0v) is 19.7. The van der Waals surface area contributed by atoms with Gasteiger partial charge in [-0.15, -0.1) is 0 Å². The molecule has 0 aromatic heterocycles. The molecule has 0 spiro atoms. The summed E-state index contributed by atoms with van der Waals surface area (Å²) in [5.74, 6) is -0.279. The average molecular weight is 451 g/mol. The highest BCUT2D eigenvalue weighted by atomic mass is 16.5. The van der Waals surface area contributed by atoms with Crippen LogP contribution in [0.1, 0.15) is 90.4 Å². The molecule has 0 aliphatic carbocycles. The minimum atomic E-state index is -0.755. The lowest BCUT2D eigenvalue weighted by Gasteiger charge is -2.27. The summed E-state index contributed by atoms with van der Waals surface area (Å²) in [6.07, 6.45) is 16.6. The van der Waals surface area contributed by atoms with Crippen molar-refractivity contribution in [3.8, 4) is 0 Å². The highest BCUT2D eigenvalue weighted by molar-refractivity contribution is 5.84. The van der Waals surface area contributed by atoms with Crippen molar-refractivity contribution in [2.45, 2.75) is 103 Å². The van der Waals surface area contributed by atoms with Crippen molar-refractivity contribution >= 4 is 17.8 Å². The van der Waals surface area contributed by atoms with Gasteiger partial charge in [-0.3, -0.25) is 14.4 Å². The SMILES string of the molecule is CCCCCCCCC(=O)NCC(=O)NC[C@H]1[C@@H](CC=CCCCC(=O)O)[C@H]2CC[C@@H]1O2. The van der Waals surface area contributed by atoms with Crippen LogP contribution in [0.15, 0.2) is 12.2 Å². The number of aliphatic carboxylic acids is 1. The Hall–Kier alpha value is -1.89. The Morgan fingerprint density at radius 1 is 0.875 bits per heavy atom. The Bertz CT molecular complexity index is 621. The van der Waals surface area contributed by atoms with E-state index < -0.39 is 5.97 Å². The number of carboxylic acid groups (broad SMARTS) is 1. The minimum absolute atomic E-state index is 0.0322. The van der Waals surface area contributed by atoms with Crippen LogP contribution in [0.5, 0.6) is 0 Å². The normalized spacial score (nSPS) is 24.2. The van der Waals surface area contributed by atoms with Crippen LogP contribution in [-0.4, -0.2) is 48.2 Å². The Balaban J connectivity index is 1.61. The largest absolute Gasteiger partial charge is 0.481 e. The summed E-state index contributed by atoms with van der Waals surface area (Å²) in [4.78, 5) is 34.7. The number of amides is 2. The molecule has 0 saturated carbocycles. The summed E-state index contributed by atoms with van der Waals surface area (Å²) in [7, 11) is 0. The minimum Gasteiger partial charge on any atom is -0.481 e. The number of hydrogen-bond donors (Lipinski definition) is 3. The molecule has 2 aliphatic rings. The third-order valence-electron chi connectivity index (χ3n) is 6.67. The van der Waals surface area contributed by atoms with E-state index in [1.807, 2.05) is 0 Å². The molecule has 7 nitrogen and oxygen atoms in total. The number of fused-ring (bicyclic) bond motifs is 2. The zero-order chi connectivity index (χ0) is 23.2. The second-order valence-electron chi connectivity index (χ2n) is 9.21. The lowest BCUT2D eigenvalue weighted by molar-refractivity contribution is -0.137. The van der Waals surface area contributed by atoms with Crippen LogP contribution in [0.4, 0.5) is 0 Å². The molecule has 2 aliphatic heterocycles. The first-order chi connectivity index (χ1) is 15.5. The molecule has 4 atom stereocenters. The summed E-state index contributed by atoms with van der Waals surface area (Å²) in [6, 6.07) is 0. The second kappa shape index (κ2) is 15.0. The summed E-state index contributed by atoms with van der Waals surface area (Å²) >= 11 is 0. The van der Waals surface area contributed by atoms with Crippen LogP contribution in [0.3, 0.4) is 0 Å². The molecule has 2 rings (SSSR count). The first-order valence-corrected chi connectivity index (χ1v) is 12.6. The number of carbonyl (C=O) groups excluding carboxylic acids is 2. The van der Waals surface area contributed by atoms with Gasteiger partial charge >= 0.3 is 5.97 Å². The van der Waals surface area contributed by atoms with Crippen LogP contribution < -0.4 is 10.6 Å². The summed E-state index contributed by atoms with van der Waals surface area (Å²) < 4.78 is 6.08. The van der Waals surface area contributed by atoms with E-state index in [9.17, 15) is 14.4 Å². The average Bonchev–Trinajstić information content (AvgIpc) is 3.37. The van der Waals surface area contributed by atoms with Crippen LogP contribution in [0.2, 0.25) is 0 Å². The standard InChI is InChI=1S/C25H42N2O5/c1-2-3-4-5-6-10-13-23(28)27-18-24(29)26-17-20-19(21-15-16-22(20)32-21)12-9-7-8-11-14-25(30)31/h7,9,19-22H,2-6,8,10-18H2,1H3,(H,26,29)(H,27,28)(H,30,31)/t19-,20+,21-,22+/m1/s1. The molecule has 2 amide bonds. The number of allylic oxidation sites excluding steroid dienone is 2. The maximum absolute atomic E-state index is 12.2. The van der Waals surface area contributed by atoms with Gasteiger partial charge in [0.15, 0.2) is 0 Å². The molecule has 0 aromatic rings. The van der Waals surface area contributed by atoms with E-state index in [2.05, 4.69) is 29.7 Å². The first kappa shape index (κ1) is 26.4. The van der Waals surface area contributed by atoms with E-state index in [0.29, 0.717) is 31.2 Å². The maximum Gasteiger partial charge on any atom is 0.303 e. The molecule has 2 saturated heterocycles. The summed E-state index contributed by atoms with van der Waals surface area (Å²) in [5.41, 5.74) is 0. The fourth-order valence-corrected chi connectivity index (χ4v) is 4.85. The van der Waals surface area contributed by atoms with Crippen molar-refractivity contribution in [3.63, 3.8) is 0 Å². The van der Waals surface area contributed by atoms with Gasteiger partial charge in [-0.2, -0.15) is 0 Å². The number of rotatable bonds is 17. The summed E-state index contributed by atoms with van der Waals surface area (Å²) in [5, 5.41) is 14.4. The number of hydrogen-bond acceptors (Lipinski definition) is 4. The van der Waals surface area contributed by atoms with E-state index in [1.165, 1.54) is 25.7 Å². The molecule has 182 valence electrons. The van der Waals surface area contributed by atoms with Crippen LogP contribution in [-0.2, 0) is 19.1 Å². The van der Waals surface area contributed by atoms with Gasteiger partial charge in [0.2, 0.25) is 11.8 Å². The molecule has 2 fully saturated rings. The van der Waals surface area contributed by atoms with Gasteiger partial charge in [-0.05, 0) is 44.4 Å². The number of carbonyl (C=O) groups is 3. The van der Waals surface area contributed by atoms with Crippen molar-refractivity contribution in [3.05, 3.63) is 12.2 Å². The fourth-order valence-electron chi connectivity index (χ4n) is 4.85.